The topological polar surface area (TPSA) is 66.9 Å². The second kappa shape index (κ2) is 6.49. The largest absolute Gasteiger partial charge is 0.385 e. The van der Waals surface area contributed by atoms with Crippen LogP contribution in [0.4, 0.5) is 0 Å². The van der Waals surface area contributed by atoms with Gasteiger partial charge in [0.15, 0.2) is 0 Å². The molecule has 0 radical (unpaired) electrons. The molecule has 2 rings (SSSR count). The summed E-state index contributed by atoms with van der Waals surface area (Å²) in [7, 11) is 3.25. The third-order valence-corrected chi connectivity index (χ3v) is 3.44. The number of rotatable bonds is 6. The van der Waals surface area contributed by atoms with E-state index < -0.39 is 11.8 Å². The number of hydrogen-bond donors (Lipinski definition) is 0. The lowest BCUT2D eigenvalue weighted by atomic mass is 10.1. The molecule has 6 nitrogen and oxygen atoms in total. The molecule has 0 N–H and O–H groups in total. The van der Waals surface area contributed by atoms with Crippen molar-refractivity contribution in [2.75, 3.05) is 33.9 Å². The number of imide groups is 1. The zero-order valence-electron chi connectivity index (χ0n) is 12.2. The molecule has 0 saturated carbocycles. The van der Waals surface area contributed by atoms with Gasteiger partial charge < -0.3 is 9.64 Å². The summed E-state index contributed by atoms with van der Waals surface area (Å²) in [5, 5.41) is 0. The molecule has 21 heavy (non-hydrogen) atoms. The number of benzene rings is 1. The van der Waals surface area contributed by atoms with E-state index in [0.717, 1.165) is 4.90 Å². The van der Waals surface area contributed by atoms with Crippen LogP contribution < -0.4 is 0 Å². The van der Waals surface area contributed by atoms with Crippen molar-refractivity contribution in [2.45, 2.75) is 6.42 Å². The third-order valence-electron chi connectivity index (χ3n) is 3.44. The molecular formula is C15H18N2O4. The molecule has 0 aliphatic carbocycles. The van der Waals surface area contributed by atoms with Crippen molar-refractivity contribution in [1.82, 2.24) is 9.80 Å². The van der Waals surface area contributed by atoms with Gasteiger partial charge in [0.25, 0.3) is 11.8 Å². The highest BCUT2D eigenvalue weighted by molar-refractivity contribution is 6.22. The zero-order chi connectivity index (χ0) is 15.4. The molecule has 3 amide bonds. The molecule has 0 unspecified atom stereocenters. The molecule has 1 aromatic rings. The van der Waals surface area contributed by atoms with Gasteiger partial charge in [-0.05, 0) is 18.6 Å². The predicted octanol–water partition coefficient (Wildman–Crippen LogP) is 0.777. The Hall–Kier alpha value is -2.21. The second-order valence-corrected chi connectivity index (χ2v) is 4.90. The average Bonchev–Trinajstić information content (AvgIpc) is 2.73. The van der Waals surface area contributed by atoms with Gasteiger partial charge in [-0.1, -0.05) is 12.1 Å². The van der Waals surface area contributed by atoms with Crippen molar-refractivity contribution in [3.05, 3.63) is 35.4 Å². The Bertz CT molecular complexity index is 536. The number of carbonyl (C=O) groups excluding carboxylic acids is 3. The maximum absolute atomic E-state index is 12.1. The minimum absolute atomic E-state index is 0.226. The molecule has 0 saturated heterocycles. The van der Waals surface area contributed by atoms with E-state index in [1.807, 2.05) is 0 Å². The van der Waals surface area contributed by atoms with Gasteiger partial charge in [0.2, 0.25) is 5.91 Å². The van der Waals surface area contributed by atoms with Gasteiger partial charge in [0.1, 0.15) is 6.54 Å². The normalized spacial score (nSPS) is 13.5. The number of likely N-dealkylation sites (N-methyl/N-ethyl adjacent to an activating group) is 1. The highest BCUT2D eigenvalue weighted by atomic mass is 16.5. The monoisotopic (exact) mass is 290 g/mol. The molecular weight excluding hydrogens is 272 g/mol. The van der Waals surface area contributed by atoms with E-state index in [2.05, 4.69) is 0 Å². The Morgan fingerprint density at radius 2 is 1.76 bits per heavy atom. The number of amides is 3. The van der Waals surface area contributed by atoms with Crippen LogP contribution in [0.25, 0.3) is 0 Å². The lowest BCUT2D eigenvalue weighted by molar-refractivity contribution is -0.130. The smallest absolute Gasteiger partial charge is 0.262 e. The Kier molecular flexibility index (Phi) is 4.70. The van der Waals surface area contributed by atoms with E-state index in [9.17, 15) is 14.4 Å². The average molecular weight is 290 g/mol. The summed E-state index contributed by atoms with van der Waals surface area (Å²) in [5.74, 6) is -1.08. The molecule has 0 fully saturated rings. The van der Waals surface area contributed by atoms with Crippen molar-refractivity contribution in [1.29, 1.82) is 0 Å². The summed E-state index contributed by atoms with van der Waals surface area (Å²) in [6.45, 7) is 0.857. The standard InChI is InChI=1S/C15H18N2O4/c1-16(8-5-9-21-2)13(18)10-17-14(19)11-6-3-4-7-12(11)15(17)20/h3-4,6-7H,5,8-10H2,1-2H3. The number of ether oxygens (including phenoxy) is 1. The van der Waals surface area contributed by atoms with Crippen molar-refractivity contribution < 1.29 is 19.1 Å². The van der Waals surface area contributed by atoms with Crippen molar-refractivity contribution in [3.8, 4) is 0 Å². The van der Waals surface area contributed by atoms with E-state index in [4.69, 9.17) is 4.74 Å². The van der Waals surface area contributed by atoms with E-state index in [-0.39, 0.29) is 12.5 Å². The molecule has 1 aromatic carbocycles. The third kappa shape index (κ3) is 3.11. The Morgan fingerprint density at radius 1 is 1.19 bits per heavy atom. The van der Waals surface area contributed by atoms with Gasteiger partial charge in [-0.2, -0.15) is 0 Å². The molecule has 0 bridgehead atoms. The molecule has 112 valence electrons. The number of methoxy groups -OCH3 is 1. The van der Waals surface area contributed by atoms with Crippen molar-refractivity contribution >= 4 is 17.7 Å². The highest BCUT2D eigenvalue weighted by Gasteiger charge is 2.36. The van der Waals surface area contributed by atoms with Gasteiger partial charge in [-0.3, -0.25) is 19.3 Å². The maximum atomic E-state index is 12.1. The lowest BCUT2D eigenvalue weighted by Crippen LogP contribution is -2.41. The molecule has 1 heterocycles. The first-order valence-electron chi connectivity index (χ1n) is 6.74. The number of carbonyl (C=O) groups is 3. The number of hydrogen-bond acceptors (Lipinski definition) is 4. The van der Waals surface area contributed by atoms with E-state index in [1.165, 1.54) is 4.90 Å². The number of fused-ring (bicyclic) bond motifs is 1. The lowest BCUT2D eigenvalue weighted by Gasteiger charge is -2.20. The van der Waals surface area contributed by atoms with Crippen LogP contribution in [0.1, 0.15) is 27.1 Å². The quantitative estimate of drug-likeness (QED) is 0.573. The Morgan fingerprint density at radius 3 is 2.29 bits per heavy atom. The summed E-state index contributed by atoms with van der Waals surface area (Å²) in [6, 6.07) is 6.60. The van der Waals surface area contributed by atoms with Crippen LogP contribution in [-0.4, -0.2) is 61.4 Å². The summed E-state index contributed by atoms with van der Waals surface area (Å²) < 4.78 is 4.93. The maximum Gasteiger partial charge on any atom is 0.262 e. The summed E-state index contributed by atoms with van der Waals surface area (Å²) in [6.07, 6.45) is 0.709. The highest BCUT2D eigenvalue weighted by Crippen LogP contribution is 2.22. The second-order valence-electron chi connectivity index (χ2n) is 4.90. The molecule has 1 aliphatic heterocycles. The minimum Gasteiger partial charge on any atom is -0.385 e. The van der Waals surface area contributed by atoms with Gasteiger partial charge in [-0.15, -0.1) is 0 Å². The van der Waals surface area contributed by atoms with Gasteiger partial charge in [0, 0.05) is 27.3 Å². The zero-order valence-corrected chi connectivity index (χ0v) is 12.2. The van der Waals surface area contributed by atoms with Gasteiger partial charge in [-0.25, -0.2) is 0 Å². The fraction of sp³-hybridized carbons (Fsp3) is 0.400. The van der Waals surface area contributed by atoms with E-state index in [1.54, 1.807) is 38.4 Å². The summed E-state index contributed by atoms with van der Waals surface area (Å²) >= 11 is 0. The first-order chi connectivity index (χ1) is 10.1. The molecule has 0 spiro atoms. The first kappa shape index (κ1) is 15.2. The van der Waals surface area contributed by atoms with Gasteiger partial charge in [0.05, 0.1) is 11.1 Å². The van der Waals surface area contributed by atoms with Crippen LogP contribution in [0.2, 0.25) is 0 Å². The summed E-state index contributed by atoms with van der Waals surface area (Å²) in [5.41, 5.74) is 0.717. The predicted molar refractivity (Wildman–Crippen MR) is 75.9 cm³/mol. The van der Waals surface area contributed by atoms with Crippen LogP contribution in [0.15, 0.2) is 24.3 Å². The van der Waals surface area contributed by atoms with E-state index >= 15 is 0 Å². The fourth-order valence-corrected chi connectivity index (χ4v) is 2.21. The molecule has 0 atom stereocenters. The van der Waals surface area contributed by atoms with Crippen LogP contribution in [0.5, 0.6) is 0 Å². The summed E-state index contributed by atoms with van der Waals surface area (Å²) in [4.78, 5) is 38.9. The van der Waals surface area contributed by atoms with Crippen molar-refractivity contribution in [3.63, 3.8) is 0 Å². The molecule has 1 aliphatic rings. The minimum atomic E-state index is -0.408. The number of nitrogens with zero attached hydrogens (tertiary/aromatic N) is 2. The van der Waals surface area contributed by atoms with Crippen LogP contribution in [0.3, 0.4) is 0 Å². The van der Waals surface area contributed by atoms with Crippen molar-refractivity contribution in [2.24, 2.45) is 0 Å². The SMILES string of the molecule is COCCCN(C)C(=O)CN1C(=O)c2ccccc2C1=O. The Labute approximate surface area is 123 Å². The van der Waals surface area contributed by atoms with Crippen LogP contribution in [0, 0.1) is 0 Å². The van der Waals surface area contributed by atoms with E-state index in [0.29, 0.717) is 30.7 Å². The first-order valence-corrected chi connectivity index (χ1v) is 6.74. The molecule has 6 heteroatoms. The Balaban J connectivity index is 2.00. The van der Waals surface area contributed by atoms with Gasteiger partial charge >= 0.3 is 0 Å². The fourth-order valence-electron chi connectivity index (χ4n) is 2.21. The van der Waals surface area contributed by atoms with Crippen LogP contribution in [-0.2, 0) is 9.53 Å². The van der Waals surface area contributed by atoms with Crippen LogP contribution >= 0.6 is 0 Å². The molecule has 0 aromatic heterocycles.